The summed E-state index contributed by atoms with van der Waals surface area (Å²) in [5, 5.41) is 7.78. The average Bonchev–Trinajstić information content (AvgIpc) is 3.01. The van der Waals surface area contributed by atoms with E-state index in [0.29, 0.717) is 6.04 Å². The van der Waals surface area contributed by atoms with E-state index in [4.69, 9.17) is 0 Å². The van der Waals surface area contributed by atoms with Gasteiger partial charge < -0.3 is 5.32 Å². The molecular weight excluding hydrogens is 186 g/mol. The first-order valence-electron chi connectivity index (χ1n) is 5.49. The van der Waals surface area contributed by atoms with Crippen LogP contribution >= 0.6 is 0 Å². The molecule has 0 aromatic carbocycles. The molecule has 0 radical (unpaired) electrons. The Kier molecular flexibility index (Phi) is 1.99. The molecular formula is C12H15N3. The molecule has 1 N–H and O–H groups in total. The Balaban J connectivity index is 2.08. The van der Waals surface area contributed by atoms with Gasteiger partial charge in [0.1, 0.15) is 0 Å². The fraction of sp³-hybridized carbons (Fsp3) is 0.417. The van der Waals surface area contributed by atoms with Gasteiger partial charge in [0.15, 0.2) is 0 Å². The lowest BCUT2D eigenvalue weighted by Gasteiger charge is -2.13. The molecule has 0 saturated heterocycles. The topological polar surface area (TPSA) is 29.3 Å². The van der Waals surface area contributed by atoms with E-state index in [1.165, 1.54) is 23.9 Å². The highest BCUT2D eigenvalue weighted by Crippen LogP contribution is 2.41. The van der Waals surface area contributed by atoms with Crippen molar-refractivity contribution in [3.63, 3.8) is 0 Å². The molecule has 3 nitrogen and oxygen atoms in total. The van der Waals surface area contributed by atoms with Crippen molar-refractivity contribution in [3.8, 4) is 0 Å². The third kappa shape index (κ3) is 1.43. The summed E-state index contributed by atoms with van der Waals surface area (Å²) in [6, 6.07) is 6.69. The number of nitrogens with zero attached hydrogens (tertiary/aromatic N) is 2. The average molecular weight is 201 g/mol. The summed E-state index contributed by atoms with van der Waals surface area (Å²) < 4.78 is 1.95. The van der Waals surface area contributed by atoms with E-state index < -0.39 is 0 Å². The predicted molar refractivity (Wildman–Crippen MR) is 59.7 cm³/mol. The molecule has 2 heterocycles. The minimum atomic E-state index is 0.477. The Morgan fingerprint density at radius 1 is 1.47 bits per heavy atom. The third-order valence-electron chi connectivity index (χ3n) is 3.20. The SMILES string of the molecule is CNC(c1cnn2ccccc12)C1CC1. The second kappa shape index (κ2) is 3.35. The molecule has 1 fully saturated rings. The quantitative estimate of drug-likeness (QED) is 0.823. The molecule has 0 aliphatic heterocycles. The van der Waals surface area contributed by atoms with Crippen LogP contribution in [0.5, 0.6) is 0 Å². The van der Waals surface area contributed by atoms with Gasteiger partial charge >= 0.3 is 0 Å². The van der Waals surface area contributed by atoms with Crippen molar-refractivity contribution in [2.75, 3.05) is 7.05 Å². The van der Waals surface area contributed by atoms with Gasteiger partial charge in [0.25, 0.3) is 0 Å². The second-order valence-corrected chi connectivity index (χ2v) is 4.23. The smallest absolute Gasteiger partial charge is 0.0709 e. The van der Waals surface area contributed by atoms with Crippen molar-refractivity contribution in [3.05, 3.63) is 36.2 Å². The van der Waals surface area contributed by atoms with Gasteiger partial charge in [0.05, 0.1) is 11.7 Å². The van der Waals surface area contributed by atoms with Gasteiger partial charge in [-0.1, -0.05) is 6.07 Å². The van der Waals surface area contributed by atoms with E-state index in [1.54, 1.807) is 0 Å². The first kappa shape index (κ1) is 8.92. The number of pyridine rings is 1. The Morgan fingerprint density at radius 2 is 2.33 bits per heavy atom. The van der Waals surface area contributed by atoms with Gasteiger partial charge in [-0.05, 0) is 37.9 Å². The maximum Gasteiger partial charge on any atom is 0.0709 e. The van der Waals surface area contributed by atoms with Crippen molar-refractivity contribution in [1.29, 1.82) is 0 Å². The minimum Gasteiger partial charge on any atom is -0.313 e. The normalized spacial score (nSPS) is 18.2. The van der Waals surface area contributed by atoms with Crippen molar-refractivity contribution in [1.82, 2.24) is 14.9 Å². The van der Waals surface area contributed by atoms with Crippen LogP contribution in [-0.2, 0) is 0 Å². The summed E-state index contributed by atoms with van der Waals surface area (Å²) in [5.41, 5.74) is 2.56. The summed E-state index contributed by atoms with van der Waals surface area (Å²) in [6.07, 6.45) is 6.68. The summed E-state index contributed by atoms with van der Waals surface area (Å²) >= 11 is 0. The Hall–Kier alpha value is -1.35. The molecule has 1 unspecified atom stereocenters. The molecule has 1 aliphatic rings. The first-order chi connectivity index (χ1) is 7.40. The highest BCUT2D eigenvalue weighted by Gasteiger charge is 2.32. The van der Waals surface area contributed by atoms with Crippen molar-refractivity contribution >= 4 is 5.52 Å². The number of aromatic nitrogens is 2. The lowest BCUT2D eigenvalue weighted by Crippen LogP contribution is -2.17. The van der Waals surface area contributed by atoms with Gasteiger partial charge in [0.2, 0.25) is 0 Å². The molecule has 78 valence electrons. The van der Waals surface area contributed by atoms with Crippen LogP contribution in [0, 0.1) is 5.92 Å². The van der Waals surface area contributed by atoms with Gasteiger partial charge in [-0.2, -0.15) is 5.10 Å². The van der Waals surface area contributed by atoms with Gasteiger partial charge in [0, 0.05) is 17.8 Å². The van der Waals surface area contributed by atoms with Gasteiger partial charge in [-0.15, -0.1) is 0 Å². The number of rotatable bonds is 3. The largest absolute Gasteiger partial charge is 0.313 e. The molecule has 1 atom stereocenters. The van der Waals surface area contributed by atoms with E-state index in [-0.39, 0.29) is 0 Å². The Labute approximate surface area is 89.1 Å². The maximum absolute atomic E-state index is 4.37. The molecule has 2 aromatic heterocycles. The van der Waals surface area contributed by atoms with Crippen molar-refractivity contribution in [2.45, 2.75) is 18.9 Å². The lowest BCUT2D eigenvalue weighted by atomic mass is 10.0. The summed E-state index contributed by atoms with van der Waals surface area (Å²) in [4.78, 5) is 0. The number of nitrogens with one attached hydrogen (secondary N) is 1. The third-order valence-corrected chi connectivity index (χ3v) is 3.20. The van der Waals surface area contributed by atoms with E-state index in [2.05, 4.69) is 22.5 Å². The maximum atomic E-state index is 4.37. The molecule has 0 spiro atoms. The number of hydrogen-bond donors (Lipinski definition) is 1. The minimum absolute atomic E-state index is 0.477. The monoisotopic (exact) mass is 201 g/mol. The molecule has 3 rings (SSSR count). The van der Waals surface area contributed by atoms with Crippen molar-refractivity contribution < 1.29 is 0 Å². The molecule has 1 aliphatic carbocycles. The zero-order valence-corrected chi connectivity index (χ0v) is 8.85. The molecule has 0 bridgehead atoms. The van der Waals surface area contributed by atoms with E-state index in [1.807, 2.05) is 30.0 Å². The second-order valence-electron chi connectivity index (χ2n) is 4.23. The van der Waals surface area contributed by atoms with Crippen LogP contribution in [0.15, 0.2) is 30.6 Å². The number of hydrogen-bond acceptors (Lipinski definition) is 2. The fourth-order valence-electron chi connectivity index (χ4n) is 2.27. The van der Waals surface area contributed by atoms with E-state index >= 15 is 0 Å². The molecule has 0 amide bonds. The van der Waals surface area contributed by atoms with Crippen molar-refractivity contribution in [2.24, 2.45) is 5.92 Å². The van der Waals surface area contributed by atoms with E-state index in [0.717, 1.165) is 5.92 Å². The molecule has 15 heavy (non-hydrogen) atoms. The standard InChI is InChI=1S/C12H15N3/c1-13-12(9-5-6-9)10-8-14-15-7-3-2-4-11(10)15/h2-4,7-9,12-13H,5-6H2,1H3. The van der Waals surface area contributed by atoms with Crippen LogP contribution in [0.4, 0.5) is 0 Å². The summed E-state index contributed by atoms with van der Waals surface area (Å²) in [7, 11) is 2.04. The highest BCUT2D eigenvalue weighted by atomic mass is 15.2. The van der Waals surface area contributed by atoms with Crippen LogP contribution in [0.1, 0.15) is 24.4 Å². The van der Waals surface area contributed by atoms with Gasteiger partial charge in [-0.3, -0.25) is 0 Å². The molecule has 1 saturated carbocycles. The first-order valence-corrected chi connectivity index (χ1v) is 5.49. The number of fused-ring (bicyclic) bond motifs is 1. The summed E-state index contributed by atoms with van der Waals surface area (Å²) in [5.74, 6) is 0.809. The summed E-state index contributed by atoms with van der Waals surface area (Å²) in [6.45, 7) is 0. The van der Waals surface area contributed by atoms with Gasteiger partial charge in [-0.25, -0.2) is 4.52 Å². The highest BCUT2D eigenvalue weighted by molar-refractivity contribution is 5.55. The van der Waals surface area contributed by atoms with Crippen LogP contribution in [0.25, 0.3) is 5.52 Å². The van der Waals surface area contributed by atoms with Crippen LogP contribution in [0.2, 0.25) is 0 Å². The zero-order chi connectivity index (χ0) is 10.3. The van der Waals surface area contributed by atoms with Crippen LogP contribution < -0.4 is 5.32 Å². The van der Waals surface area contributed by atoms with Crippen LogP contribution in [0.3, 0.4) is 0 Å². The molecule has 2 aromatic rings. The molecule has 3 heteroatoms. The fourth-order valence-corrected chi connectivity index (χ4v) is 2.27. The Morgan fingerprint density at radius 3 is 3.07 bits per heavy atom. The Bertz CT molecular complexity index is 470. The van der Waals surface area contributed by atoms with Crippen LogP contribution in [-0.4, -0.2) is 16.7 Å². The zero-order valence-electron chi connectivity index (χ0n) is 8.85. The lowest BCUT2D eigenvalue weighted by molar-refractivity contribution is 0.532. The van der Waals surface area contributed by atoms with E-state index in [9.17, 15) is 0 Å². The predicted octanol–water partition coefficient (Wildman–Crippen LogP) is 2.00.